The van der Waals surface area contributed by atoms with Gasteiger partial charge in [0.1, 0.15) is 17.1 Å². The van der Waals surface area contributed by atoms with Crippen molar-refractivity contribution in [1.82, 2.24) is 25.5 Å². The van der Waals surface area contributed by atoms with Crippen molar-refractivity contribution in [2.75, 3.05) is 24.5 Å². The molecule has 0 bridgehead atoms. The van der Waals surface area contributed by atoms with Crippen LogP contribution in [0.4, 0.5) is 10.2 Å². The van der Waals surface area contributed by atoms with Gasteiger partial charge in [-0.1, -0.05) is 30.3 Å². The first-order valence-electron chi connectivity index (χ1n) is 10.3. The van der Waals surface area contributed by atoms with Gasteiger partial charge in [-0.05, 0) is 36.8 Å². The molecule has 1 aromatic carbocycles. The lowest BCUT2D eigenvalue weighted by Gasteiger charge is -2.42. The molecule has 2 atom stereocenters. The molecule has 5 rings (SSSR count). The molecule has 7 nitrogen and oxygen atoms in total. The third kappa shape index (κ3) is 3.54. The molecule has 1 aliphatic rings. The molecule has 1 aliphatic heterocycles. The smallest absolute Gasteiger partial charge is 0.181 e. The van der Waals surface area contributed by atoms with Crippen molar-refractivity contribution in [3.05, 3.63) is 72.2 Å². The van der Waals surface area contributed by atoms with Crippen LogP contribution in [-0.2, 0) is 5.60 Å². The summed E-state index contributed by atoms with van der Waals surface area (Å²) in [6, 6.07) is 16.1. The lowest BCUT2D eigenvalue weighted by atomic mass is 9.87. The lowest BCUT2D eigenvalue weighted by Crippen LogP contribution is -2.59. The molecule has 0 spiro atoms. The van der Waals surface area contributed by atoms with E-state index in [1.54, 1.807) is 18.3 Å². The van der Waals surface area contributed by atoms with Crippen LogP contribution in [0.2, 0.25) is 0 Å². The predicted octanol–water partition coefficient (Wildman–Crippen LogP) is 3.34. The zero-order chi connectivity index (χ0) is 21.4. The Bertz CT molecular complexity index is 1220. The average Bonchev–Trinajstić information content (AvgIpc) is 3.24. The monoisotopic (exact) mass is 422 g/mol. The summed E-state index contributed by atoms with van der Waals surface area (Å²) in [7, 11) is 0. The summed E-state index contributed by atoms with van der Waals surface area (Å²) < 4.78 is 14.7. The van der Waals surface area contributed by atoms with E-state index in [1.165, 1.54) is 6.07 Å². The van der Waals surface area contributed by atoms with E-state index in [1.807, 2.05) is 43.3 Å². The van der Waals surface area contributed by atoms with Crippen molar-refractivity contribution in [3.8, 4) is 11.4 Å². The Labute approximate surface area is 181 Å². The van der Waals surface area contributed by atoms with E-state index in [9.17, 15) is 9.50 Å². The Morgan fingerprint density at radius 1 is 1.16 bits per heavy atom. The van der Waals surface area contributed by atoms with Crippen LogP contribution in [0.1, 0.15) is 15.3 Å². The number of fused-ring (bicyclic) bond motifs is 1. The Morgan fingerprint density at radius 2 is 2.00 bits per heavy atom. The van der Waals surface area contributed by atoms with E-state index in [0.29, 0.717) is 36.8 Å². The van der Waals surface area contributed by atoms with E-state index >= 15 is 0 Å². The van der Waals surface area contributed by atoms with Crippen molar-refractivity contribution in [2.24, 2.45) is 0 Å². The lowest BCUT2D eigenvalue weighted by molar-refractivity contribution is 0.0138. The van der Waals surface area contributed by atoms with Gasteiger partial charge in [0.15, 0.2) is 11.5 Å². The van der Waals surface area contributed by atoms with Crippen molar-refractivity contribution in [1.29, 1.82) is 0 Å². The number of aromatic amines is 1. The normalized spacial score (nSPS) is 18.8. The van der Waals surface area contributed by atoms with Crippen molar-refractivity contribution in [3.63, 3.8) is 0 Å². The van der Waals surface area contributed by atoms with Crippen LogP contribution < -0.4 is 10.2 Å². The first-order valence-corrected chi connectivity index (χ1v) is 10.3. The van der Waals surface area contributed by atoms with Crippen molar-refractivity contribution >= 4 is 16.9 Å². The summed E-state index contributed by atoms with van der Waals surface area (Å²) >= 11 is 0. The molecule has 3 N–H and O–H groups in total. The fourth-order valence-electron chi connectivity index (χ4n) is 4.13. The molecular weight excluding hydrogens is 395 g/mol. The van der Waals surface area contributed by atoms with Crippen molar-refractivity contribution < 1.29 is 12.4 Å². The van der Waals surface area contributed by atoms with E-state index in [0.717, 1.165) is 10.9 Å². The molecule has 0 aliphatic carbocycles. The van der Waals surface area contributed by atoms with Crippen LogP contribution >= 0.6 is 0 Å². The molecule has 1 fully saturated rings. The van der Waals surface area contributed by atoms with Crippen LogP contribution in [0.15, 0.2) is 60.8 Å². The number of benzene rings is 1. The number of pyridine rings is 2. The number of rotatable bonds is 4. The number of hydrogen-bond donors (Lipinski definition) is 3. The first-order chi connectivity index (χ1) is 15.0. The second-order valence-electron chi connectivity index (χ2n) is 7.94. The number of H-pyrrole nitrogens is 1. The van der Waals surface area contributed by atoms with E-state index in [2.05, 4.69) is 30.4 Å². The van der Waals surface area contributed by atoms with Crippen LogP contribution in [0.25, 0.3) is 22.4 Å². The van der Waals surface area contributed by atoms with Gasteiger partial charge >= 0.3 is 0 Å². The van der Waals surface area contributed by atoms with Gasteiger partial charge in [-0.3, -0.25) is 5.10 Å². The SMILES string of the molecule is CC(O)(c1ccccc1)C1CN(c2ccc(F)c(-c3[nH]nc4ncccc34)n2)CCN1.[HH].[HH]. The average molecular weight is 423 g/mol. The van der Waals surface area contributed by atoms with Gasteiger partial charge in [-0.2, -0.15) is 5.10 Å². The van der Waals surface area contributed by atoms with Crippen molar-refractivity contribution in [2.45, 2.75) is 18.6 Å². The van der Waals surface area contributed by atoms with Crippen LogP contribution in [0.5, 0.6) is 0 Å². The quantitative estimate of drug-likeness (QED) is 0.467. The number of hydrogen-bond acceptors (Lipinski definition) is 6. The molecule has 3 aromatic heterocycles. The van der Waals surface area contributed by atoms with Gasteiger partial charge in [0.05, 0.1) is 11.7 Å². The highest BCUT2D eigenvalue weighted by atomic mass is 19.1. The third-order valence-electron chi connectivity index (χ3n) is 5.93. The standard InChI is InChI=1S/C23H23FN6O.2H2/c1-23(31,15-6-3-2-4-7-15)18-14-30(13-12-25-18)19-10-9-17(24)21(27-19)20-16-8-5-11-26-22(16)29-28-20;;/h2-11,18,25,31H,12-14H2,1H3,(H,26,28,29);2*1H. The Hall–Kier alpha value is -3.36. The minimum Gasteiger partial charge on any atom is -0.384 e. The topological polar surface area (TPSA) is 90.0 Å². The molecule has 2 unspecified atom stereocenters. The highest BCUT2D eigenvalue weighted by Gasteiger charge is 2.37. The van der Waals surface area contributed by atoms with Crippen LogP contribution in [-0.4, -0.2) is 50.9 Å². The molecule has 0 amide bonds. The summed E-state index contributed by atoms with van der Waals surface area (Å²) in [5, 5.41) is 22.4. The van der Waals surface area contributed by atoms with Crippen LogP contribution in [0.3, 0.4) is 0 Å². The molecule has 162 valence electrons. The molecule has 4 heterocycles. The first kappa shape index (κ1) is 19.6. The highest BCUT2D eigenvalue weighted by molar-refractivity contribution is 5.89. The fourth-order valence-corrected chi connectivity index (χ4v) is 4.13. The molecular formula is C23H27FN6O. The molecule has 4 aromatic rings. The molecule has 0 saturated carbocycles. The Morgan fingerprint density at radius 3 is 2.84 bits per heavy atom. The highest BCUT2D eigenvalue weighted by Crippen LogP contribution is 2.30. The van der Waals surface area contributed by atoms with Crippen LogP contribution in [0, 0.1) is 5.82 Å². The van der Waals surface area contributed by atoms with E-state index in [4.69, 9.17) is 0 Å². The number of anilines is 1. The van der Waals surface area contributed by atoms with Gasteiger partial charge < -0.3 is 15.3 Å². The summed E-state index contributed by atoms with van der Waals surface area (Å²) in [4.78, 5) is 10.9. The molecule has 1 saturated heterocycles. The number of nitrogens with zero attached hydrogens (tertiary/aromatic N) is 4. The van der Waals surface area contributed by atoms with Gasteiger partial charge in [0, 0.05) is 34.1 Å². The molecule has 31 heavy (non-hydrogen) atoms. The zero-order valence-electron chi connectivity index (χ0n) is 17.1. The maximum Gasteiger partial charge on any atom is 0.181 e. The molecule has 0 radical (unpaired) electrons. The van der Waals surface area contributed by atoms with Gasteiger partial charge in [0.2, 0.25) is 0 Å². The van der Waals surface area contributed by atoms with Gasteiger partial charge in [0.25, 0.3) is 0 Å². The summed E-state index contributed by atoms with van der Waals surface area (Å²) in [6.07, 6.45) is 1.65. The summed E-state index contributed by atoms with van der Waals surface area (Å²) in [6.45, 7) is 3.73. The summed E-state index contributed by atoms with van der Waals surface area (Å²) in [5.74, 6) is 0.222. The maximum atomic E-state index is 14.7. The second-order valence-corrected chi connectivity index (χ2v) is 7.94. The minimum atomic E-state index is -1.06. The summed E-state index contributed by atoms with van der Waals surface area (Å²) in [5.41, 5.74) is 1.01. The second kappa shape index (κ2) is 7.72. The number of piperazine rings is 1. The van der Waals surface area contributed by atoms with Gasteiger partial charge in [-0.15, -0.1) is 0 Å². The Kier molecular flexibility index (Phi) is 4.88. The number of halogens is 1. The molecule has 8 heteroatoms. The third-order valence-corrected chi connectivity index (χ3v) is 5.93. The number of aliphatic hydroxyl groups is 1. The number of aromatic nitrogens is 4. The largest absolute Gasteiger partial charge is 0.384 e. The minimum absolute atomic E-state index is 0. The number of nitrogens with one attached hydrogen (secondary N) is 2. The zero-order valence-corrected chi connectivity index (χ0v) is 17.1. The maximum absolute atomic E-state index is 14.7. The Balaban J connectivity index is 0.00000153. The van der Waals surface area contributed by atoms with E-state index in [-0.39, 0.29) is 14.6 Å². The fraction of sp³-hybridized carbons (Fsp3) is 0.261. The van der Waals surface area contributed by atoms with Gasteiger partial charge in [-0.25, -0.2) is 14.4 Å². The van der Waals surface area contributed by atoms with E-state index < -0.39 is 11.4 Å². The predicted molar refractivity (Wildman–Crippen MR) is 121 cm³/mol.